The molecule has 0 aliphatic rings. The molecule has 2 nitrogen and oxygen atoms in total. The van der Waals surface area contributed by atoms with E-state index in [0.29, 0.717) is 0 Å². The van der Waals surface area contributed by atoms with Crippen LogP contribution in [0.25, 0.3) is 0 Å². The van der Waals surface area contributed by atoms with Crippen molar-refractivity contribution < 1.29 is 9.47 Å². The molecule has 92 valence electrons. The van der Waals surface area contributed by atoms with Crippen molar-refractivity contribution in [1.82, 2.24) is 0 Å². The molecule has 0 amide bonds. The lowest BCUT2D eigenvalue weighted by Gasteiger charge is -2.33. The molecule has 0 saturated carbocycles. The van der Waals surface area contributed by atoms with Gasteiger partial charge >= 0.3 is 0 Å². The van der Waals surface area contributed by atoms with Crippen LogP contribution in [0.2, 0.25) is 0 Å². The Morgan fingerprint density at radius 1 is 0.933 bits per heavy atom. The smallest absolute Gasteiger partial charge is 0.0655 e. The minimum Gasteiger partial charge on any atom is -0.381 e. The number of unbranched alkanes of at least 4 members (excludes halogenated alkanes) is 1. The quantitative estimate of drug-likeness (QED) is 0.603. The number of hydrogen-bond acceptors (Lipinski definition) is 2. The molecule has 0 aliphatic heterocycles. The van der Waals surface area contributed by atoms with E-state index in [4.69, 9.17) is 9.47 Å². The summed E-state index contributed by atoms with van der Waals surface area (Å²) < 4.78 is 11.5. The van der Waals surface area contributed by atoms with E-state index in [2.05, 4.69) is 41.5 Å². The molecule has 0 radical (unpaired) electrons. The third-order valence-electron chi connectivity index (χ3n) is 2.07. The van der Waals surface area contributed by atoms with Crippen LogP contribution in [0.1, 0.15) is 60.8 Å². The first-order valence-electron chi connectivity index (χ1n) is 6.05. The Bertz CT molecular complexity index is 156. The van der Waals surface area contributed by atoms with Crippen LogP contribution in [-0.4, -0.2) is 24.4 Å². The normalized spacial score (nSPS) is 13.2. The zero-order valence-electron chi connectivity index (χ0n) is 11.4. The van der Waals surface area contributed by atoms with Crippen LogP contribution in [0.4, 0.5) is 0 Å². The van der Waals surface area contributed by atoms with Crippen molar-refractivity contribution >= 4 is 0 Å². The molecular weight excluding hydrogens is 188 g/mol. The molecule has 2 heteroatoms. The maximum Gasteiger partial charge on any atom is 0.0655 e. The van der Waals surface area contributed by atoms with E-state index in [-0.39, 0.29) is 11.2 Å². The average Bonchev–Trinajstić information content (AvgIpc) is 1.99. The highest BCUT2D eigenvalue weighted by Crippen LogP contribution is 2.22. The topological polar surface area (TPSA) is 18.5 Å². The first kappa shape index (κ1) is 14.9. The summed E-state index contributed by atoms with van der Waals surface area (Å²) in [4.78, 5) is 0. The van der Waals surface area contributed by atoms with Gasteiger partial charge in [0, 0.05) is 13.2 Å². The van der Waals surface area contributed by atoms with Gasteiger partial charge in [0.05, 0.1) is 11.2 Å². The lowest BCUT2D eigenvalue weighted by atomic mass is 10.0. The van der Waals surface area contributed by atoms with Gasteiger partial charge in [-0.15, -0.1) is 0 Å². The Labute approximate surface area is 95.3 Å². The van der Waals surface area contributed by atoms with Crippen LogP contribution >= 0.6 is 0 Å². The van der Waals surface area contributed by atoms with E-state index >= 15 is 0 Å². The summed E-state index contributed by atoms with van der Waals surface area (Å²) >= 11 is 0. The Morgan fingerprint density at radius 3 is 2.00 bits per heavy atom. The molecule has 0 rings (SSSR count). The summed E-state index contributed by atoms with van der Waals surface area (Å²) in [6.07, 6.45) is 3.30. The molecule has 0 fully saturated rings. The van der Waals surface area contributed by atoms with Gasteiger partial charge in [0.1, 0.15) is 0 Å². The zero-order chi connectivity index (χ0) is 11.9. The summed E-state index contributed by atoms with van der Waals surface area (Å²) in [5.41, 5.74) is -0.169. The summed E-state index contributed by atoms with van der Waals surface area (Å²) in [6, 6.07) is 0. The fourth-order valence-electron chi connectivity index (χ4n) is 1.55. The van der Waals surface area contributed by atoms with E-state index in [0.717, 1.165) is 26.1 Å². The molecule has 0 bridgehead atoms. The third kappa shape index (κ3) is 10.2. The van der Waals surface area contributed by atoms with Gasteiger partial charge in [-0.05, 0) is 47.5 Å². The molecule has 0 spiro atoms. The van der Waals surface area contributed by atoms with Crippen LogP contribution in [0.3, 0.4) is 0 Å². The highest BCUT2D eigenvalue weighted by Gasteiger charge is 2.25. The lowest BCUT2D eigenvalue weighted by molar-refractivity contribution is -0.123. The van der Waals surface area contributed by atoms with Gasteiger partial charge < -0.3 is 9.47 Å². The number of hydrogen-bond donors (Lipinski definition) is 0. The van der Waals surface area contributed by atoms with Crippen LogP contribution < -0.4 is 0 Å². The molecular formula is C13H28O2. The van der Waals surface area contributed by atoms with Gasteiger partial charge in [0.2, 0.25) is 0 Å². The minimum absolute atomic E-state index is 0.0765. The van der Waals surface area contributed by atoms with Crippen molar-refractivity contribution in [2.24, 2.45) is 0 Å². The molecule has 0 aliphatic carbocycles. The van der Waals surface area contributed by atoms with Gasteiger partial charge in [0.25, 0.3) is 0 Å². The third-order valence-corrected chi connectivity index (χ3v) is 2.07. The first-order chi connectivity index (χ1) is 6.77. The summed E-state index contributed by atoms with van der Waals surface area (Å²) in [5, 5.41) is 0. The van der Waals surface area contributed by atoms with Crippen molar-refractivity contribution in [3.63, 3.8) is 0 Å². The highest BCUT2D eigenvalue weighted by atomic mass is 16.5. The van der Waals surface area contributed by atoms with E-state index in [1.54, 1.807) is 0 Å². The summed E-state index contributed by atoms with van der Waals surface area (Å²) in [5.74, 6) is 0. The van der Waals surface area contributed by atoms with Crippen molar-refractivity contribution in [3.8, 4) is 0 Å². The Balaban J connectivity index is 3.65. The highest BCUT2D eigenvalue weighted by molar-refractivity contribution is 4.73. The van der Waals surface area contributed by atoms with Gasteiger partial charge in [-0.3, -0.25) is 0 Å². The largest absolute Gasteiger partial charge is 0.381 e. The van der Waals surface area contributed by atoms with Crippen molar-refractivity contribution in [3.05, 3.63) is 0 Å². The molecule has 0 heterocycles. The number of rotatable bonds is 7. The summed E-state index contributed by atoms with van der Waals surface area (Å²) in [7, 11) is 0. The zero-order valence-corrected chi connectivity index (χ0v) is 11.4. The predicted octanol–water partition coefficient (Wildman–Crippen LogP) is 3.79. The van der Waals surface area contributed by atoms with Gasteiger partial charge in [0.15, 0.2) is 0 Å². The van der Waals surface area contributed by atoms with Crippen LogP contribution in [-0.2, 0) is 9.47 Å². The average molecular weight is 216 g/mol. The van der Waals surface area contributed by atoms with E-state index in [1.807, 2.05) is 0 Å². The monoisotopic (exact) mass is 216 g/mol. The van der Waals surface area contributed by atoms with Crippen molar-refractivity contribution in [2.45, 2.75) is 72.0 Å². The maximum atomic E-state index is 5.95. The molecule has 0 saturated heterocycles. The van der Waals surface area contributed by atoms with Gasteiger partial charge in [-0.1, -0.05) is 13.3 Å². The lowest BCUT2D eigenvalue weighted by Crippen LogP contribution is -2.35. The van der Waals surface area contributed by atoms with E-state index in [1.165, 1.54) is 6.42 Å². The molecule has 0 unspecified atom stereocenters. The van der Waals surface area contributed by atoms with Gasteiger partial charge in [-0.2, -0.15) is 0 Å². The maximum absolute atomic E-state index is 5.95. The predicted molar refractivity (Wildman–Crippen MR) is 65.3 cm³/mol. The SMILES string of the molecule is CCCCOCCC(C)(C)OC(C)(C)C. The molecule has 0 aromatic carbocycles. The minimum atomic E-state index is -0.0928. The van der Waals surface area contributed by atoms with Crippen LogP contribution in [0.15, 0.2) is 0 Å². The van der Waals surface area contributed by atoms with E-state index in [9.17, 15) is 0 Å². The Morgan fingerprint density at radius 2 is 1.53 bits per heavy atom. The molecule has 0 aromatic rings. The second-order valence-electron chi connectivity index (χ2n) is 5.69. The van der Waals surface area contributed by atoms with Crippen molar-refractivity contribution in [2.75, 3.05) is 13.2 Å². The molecule has 0 N–H and O–H groups in total. The van der Waals surface area contributed by atoms with Crippen LogP contribution in [0, 0.1) is 0 Å². The Hall–Kier alpha value is -0.0800. The molecule has 0 atom stereocenters. The summed E-state index contributed by atoms with van der Waals surface area (Å²) in [6.45, 7) is 14.4. The molecule has 0 aromatic heterocycles. The van der Waals surface area contributed by atoms with E-state index < -0.39 is 0 Å². The van der Waals surface area contributed by atoms with Crippen molar-refractivity contribution in [1.29, 1.82) is 0 Å². The second kappa shape index (κ2) is 6.49. The second-order valence-corrected chi connectivity index (χ2v) is 5.69. The Kier molecular flexibility index (Phi) is 6.46. The standard InChI is InChI=1S/C13H28O2/c1-7-8-10-14-11-9-13(5,6)15-12(2,3)4/h7-11H2,1-6H3. The first-order valence-corrected chi connectivity index (χ1v) is 6.05. The fraction of sp³-hybridized carbons (Fsp3) is 1.00. The fourth-order valence-corrected chi connectivity index (χ4v) is 1.55. The van der Waals surface area contributed by atoms with Gasteiger partial charge in [-0.25, -0.2) is 0 Å². The van der Waals surface area contributed by atoms with Crippen LogP contribution in [0.5, 0.6) is 0 Å². The molecule has 15 heavy (non-hydrogen) atoms. The number of ether oxygens (including phenoxy) is 2.